The summed E-state index contributed by atoms with van der Waals surface area (Å²) in [4.78, 5) is 2.16. The van der Waals surface area contributed by atoms with E-state index >= 15 is 0 Å². The van der Waals surface area contributed by atoms with E-state index in [0.29, 0.717) is 0 Å². The molecule has 0 N–H and O–H groups in total. The minimum Gasteiger partial charge on any atom is -0.345 e. The van der Waals surface area contributed by atoms with Gasteiger partial charge in [0.2, 0.25) is 0 Å². The van der Waals surface area contributed by atoms with Gasteiger partial charge in [0.25, 0.3) is 0 Å². The Balaban J connectivity index is 0.000000771. The van der Waals surface area contributed by atoms with Crippen molar-refractivity contribution in [2.75, 3.05) is 11.4 Å². The van der Waals surface area contributed by atoms with E-state index in [-0.39, 0.29) is 5.82 Å². The largest absolute Gasteiger partial charge is 0.345 e. The molecule has 0 unspecified atom stereocenters. The number of hydrogen-bond acceptors (Lipinski definition) is 1. The van der Waals surface area contributed by atoms with Crippen molar-refractivity contribution >= 4 is 5.69 Å². The van der Waals surface area contributed by atoms with Crippen molar-refractivity contribution in [2.45, 2.75) is 47.0 Å². The van der Waals surface area contributed by atoms with Crippen LogP contribution < -0.4 is 4.90 Å². The van der Waals surface area contributed by atoms with Crippen LogP contribution in [-0.2, 0) is 6.42 Å². The molecular weight excluding hydrogens is 225 g/mol. The third-order valence-corrected chi connectivity index (χ3v) is 3.19. The number of anilines is 1. The molecule has 1 fully saturated rings. The molecule has 0 radical (unpaired) electrons. The number of aryl methyl sites for hydroxylation is 1. The van der Waals surface area contributed by atoms with Gasteiger partial charge < -0.3 is 4.90 Å². The summed E-state index contributed by atoms with van der Waals surface area (Å²) in [5.74, 6) is -0.0859. The van der Waals surface area contributed by atoms with E-state index in [9.17, 15) is 4.39 Å². The molecule has 0 atom stereocenters. The highest BCUT2D eigenvalue weighted by Gasteiger charge is 2.20. The quantitative estimate of drug-likeness (QED) is 0.725. The molecule has 2 heteroatoms. The minimum absolute atomic E-state index is 0.0859. The lowest BCUT2D eigenvalue weighted by Gasteiger charge is -2.23. The molecule has 0 aliphatic carbocycles. The summed E-state index contributed by atoms with van der Waals surface area (Å²) in [5, 5.41) is 0. The first-order chi connectivity index (χ1) is 8.63. The van der Waals surface area contributed by atoms with Crippen LogP contribution in [0.2, 0.25) is 0 Å². The van der Waals surface area contributed by atoms with Crippen molar-refractivity contribution in [2.24, 2.45) is 0 Å². The second-order valence-corrected chi connectivity index (χ2v) is 4.42. The van der Waals surface area contributed by atoms with E-state index in [1.807, 2.05) is 27.7 Å². The van der Waals surface area contributed by atoms with Gasteiger partial charge in [0.05, 0.1) is 0 Å². The van der Waals surface area contributed by atoms with Gasteiger partial charge in [0.15, 0.2) is 0 Å². The summed E-state index contributed by atoms with van der Waals surface area (Å²) in [6.07, 6.45) is 2.88. The van der Waals surface area contributed by atoms with Gasteiger partial charge in [-0.25, -0.2) is 4.39 Å². The van der Waals surface area contributed by atoms with Crippen molar-refractivity contribution in [3.63, 3.8) is 0 Å². The first-order valence-electron chi connectivity index (χ1n) is 6.87. The van der Waals surface area contributed by atoms with Crippen LogP contribution in [0.5, 0.6) is 0 Å². The third kappa shape index (κ3) is 2.92. The first kappa shape index (κ1) is 14.7. The minimum atomic E-state index is -0.0859. The van der Waals surface area contributed by atoms with Crippen LogP contribution in [0.3, 0.4) is 0 Å². The second-order valence-electron chi connectivity index (χ2n) is 4.42. The molecule has 1 aliphatic rings. The molecule has 2 rings (SSSR count). The van der Waals surface area contributed by atoms with Crippen LogP contribution in [0, 0.1) is 12.7 Å². The highest BCUT2D eigenvalue weighted by Crippen LogP contribution is 2.32. The number of hydrogen-bond donors (Lipinski definition) is 0. The molecule has 1 heterocycles. The number of benzene rings is 1. The average Bonchev–Trinajstić information content (AvgIpc) is 2.77. The van der Waals surface area contributed by atoms with Gasteiger partial charge >= 0.3 is 0 Å². The monoisotopic (exact) mass is 249 g/mol. The third-order valence-electron chi connectivity index (χ3n) is 3.19. The van der Waals surface area contributed by atoms with E-state index in [0.717, 1.165) is 48.3 Å². The summed E-state index contributed by atoms with van der Waals surface area (Å²) < 4.78 is 13.8. The highest BCUT2D eigenvalue weighted by atomic mass is 19.1. The highest BCUT2D eigenvalue weighted by molar-refractivity contribution is 5.60. The van der Waals surface area contributed by atoms with Crippen LogP contribution in [-0.4, -0.2) is 6.54 Å². The Labute approximate surface area is 110 Å². The van der Waals surface area contributed by atoms with Crippen molar-refractivity contribution in [3.05, 3.63) is 41.4 Å². The number of rotatable bonds is 2. The summed E-state index contributed by atoms with van der Waals surface area (Å²) in [7, 11) is 0. The predicted molar refractivity (Wildman–Crippen MR) is 77.6 cm³/mol. The second kappa shape index (κ2) is 6.58. The predicted octanol–water partition coefficient (Wildman–Crippen LogP) is 4.84. The van der Waals surface area contributed by atoms with Gasteiger partial charge in [-0.05, 0) is 43.9 Å². The summed E-state index contributed by atoms with van der Waals surface area (Å²) in [6.45, 7) is 12.9. The molecular formula is C16H24FN. The van der Waals surface area contributed by atoms with Gasteiger partial charge in [-0.2, -0.15) is 0 Å². The maximum absolute atomic E-state index is 13.8. The van der Waals surface area contributed by atoms with Crippen molar-refractivity contribution in [3.8, 4) is 0 Å². The Morgan fingerprint density at radius 1 is 1.33 bits per heavy atom. The zero-order valence-corrected chi connectivity index (χ0v) is 12.0. The van der Waals surface area contributed by atoms with Crippen LogP contribution in [0.25, 0.3) is 0 Å². The molecule has 0 aromatic heterocycles. The maximum atomic E-state index is 13.8. The Bertz CT molecular complexity index is 423. The van der Waals surface area contributed by atoms with Crippen LogP contribution >= 0.6 is 0 Å². The van der Waals surface area contributed by atoms with Crippen molar-refractivity contribution < 1.29 is 4.39 Å². The Hall–Kier alpha value is -1.31. The van der Waals surface area contributed by atoms with E-state index in [2.05, 4.69) is 17.5 Å². The van der Waals surface area contributed by atoms with Gasteiger partial charge in [-0.1, -0.05) is 27.4 Å². The van der Waals surface area contributed by atoms with Gasteiger partial charge in [0.1, 0.15) is 5.82 Å². The topological polar surface area (TPSA) is 3.24 Å². The standard InChI is InChI=1S/C14H18FN.C2H6/c1-4-12-13(15)8-10(2)9-14(12)16-7-5-6-11(16)3;1-2/h8-9H,3-7H2,1-2H3;1-2H3. The molecule has 1 nitrogen and oxygen atoms in total. The molecule has 0 amide bonds. The van der Waals surface area contributed by atoms with Crippen molar-refractivity contribution in [1.82, 2.24) is 0 Å². The molecule has 18 heavy (non-hydrogen) atoms. The average molecular weight is 249 g/mol. The number of allylic oxidation sites excluding steroid dienone is 1. The van der Waals surface area contributed by atoms with E-state index in [1.165, 1.54) is 0 Å². The molecule has 1 aliphatic heterocycles. The summed E-state index contributed by atoms with van der Waals surface area (Å²) in [6, 6.07) is 3.68. The van der Waals surface area contributed by atoms with Crippen molar-refractivity contribution in [1.29, 1.82) is 0 Å². The normalized spacial score (nSPS) is 14.5. The Morgan fingerprint density at radius 3 is 2.50 bits per heavy atom. The zero-order chi connectivity index (χ0) is 13.7. The molecule has 0 spiro atoms. The molecule has 0 saturated carbocycles. The van der Waals surface area contributed by atoms with Crippen LogP contribution in [0.4, 0.5) is 10.1 Å². The van der Waals surface area contributed by atoms with Gasteiger partial charge in [-0.15, -0.1) is 0 Å². The fourth-order valence-corrected chi connectivity index (χ4v) is 2.37. The maximum Gasteiger partial charge on any atom is 0.128 e. The fourth-order valence-electron chi connectivity index (χ4n) is 2.37. The number of nitrogens with zero attached hydrogens (tertiary/aromatic N) is 1. The van der Waals surface area contributed by atoms with Gasteiger partial charge in [0, 0.05) is 23.5 Å². The molecule has 1 aromatic rings. The SMILES string of the molecule is C=C1CCCN1c1cc(C)cc(F)c1CC.CC. The van der Waals surface area contributed by atoms with E-state index < -0.39 is 0 Å². The fraction of sp³-hybridized carbons (Fsp3) is 0.500. The van der Waals surface area contributed by atoms with Crippen LogP contribution in [0.15, 0.2) is 24.4 Å². The molecule has 1 saturated heterocycles. The smallest absolute Gasteiger partial charge is 0.128 e. The van der Waals surface area contributed by atoms with E-state index in [4.69, 9.17) is 0 Å². The number of halogens is 1. The Morgan fingerprint density at radius 2 is 2.00 bits per heavy atom. The lowest BCUT2D eigenvalue weighted by molar-refractivity contribution is 0.610. The summed E-state index contributed by atoms with van der Waals surface area (Å²) in [5.41, 5.74) is 3.92. The first-order valence-corrected chi connectivity index (χ1v) is 6.87. The molecule has 0 bridgehead atoms. The van der Waals surface area contributed by atoms with Gasteiger partial charge in [-0.3, -0.25) is 0 Å². The molecule has 100 valence electrons. The summed E-state index contributed by atoms with van der Waals surface area (Å²) >= 11 is 0. The van der Waals surface area contributed by atoms with Crippen LogP contribution in [0.1, 0.15) is 44.7 Å². The molecule has 1 aromatic carbocycles. The zero-order valence-electron chi connectivity index (χ0n) is 12.0. The lowest BCUT2D eigenvalue weighted by Crippen LogP contribution is -2.18. The van der Waals surface area contributed by atoms with E-state index in [1.54, 1.807) is 6.07 Å². The lowest BCUT2D eigenvalue weighted by atomic mass is 10.1. The Kier molecular flexibility index (Phi) is 5.39.